The molecule has 1 aliphatic rings. The molecule has 1 aromatic heterocycles. The molecule has 0 unspecified atom stereocenters. The lowest BCUT2D eigenvalue weighted by atomic mass is 9.91. The van der Waals surface area contributed by atoms with Crippen molar-refractivity contribution in [2.45, 2.75) is 39.2 Å². The first-order valence-electron chi connectivity index (χ1n) is 14.9. The van der Waals surface area contributed by atoms with Crippen LogP contribution < -0.4 is 4.74 Å². The molecule has 7 heteroatoms. The number of benzene rings is 4. The first kappa shape index (κ1) is 28.9. The molecule has 0 saturated carbocycles. The maximum Gasteiger partial charge on any atom is 0.303 e. The van der Waals surface area contributed by atoms with Crippen LogP contribution in [0.3, 0.4) is 0 Å². The van der Waals surface area contributed by atoms with Gasteiger partial charge in [0.15, 0.2) is 0 Å². The number of amides is 1. The van der Waals surface area contributed by atoms with Crippen molar-refractivity contribution in [3.05, 3.63) is 131 Å². The molecule has 0 fully saturated rings. The Morgan fingerprint density at radius 2 is 1.57 bits per heavy atom. The Labute approximate surface area is 256 Å². The lowest BCUT2D eigenvalue weighted by molar-refractivity contribution is -0.136. The van der Waals surface area contributed by atoms with E-state index in [1.165, 1.54) is 0 Å². The second kappa shape index (κ2) is 13.0. The Hall–Kier alpha value is -5.17. The van der Waals surface area contributed by atoms with E-state index in [0.29, 0.717) is 50.4 Å². The molecule has 44 heavy (non-hydrogen) atoms. The molecule has 7 nitrogen and oxygen atoms in total. The fourth-order valence-electron chi connectivity index (χ4n) is 5.82. The Morgan fingerprint density at radius 3 is 2.32 bits per heavy atom. The lowest BCUT2D eigenvalue weighted by Crippen LogP contribution is -2.37. The van der Waals surface area contributed by atoms with Crippen LogP contribution in [0.2, 0.25) is 0 Å². The molecule has 4 aromatic carbocycles. The number of oxazole rings is 1. The second-order valence-corrected chi connectivity index (χ2v) is 10.9. The average Bonchev–Trinajstić information content (AvgIpc) is 3.44. The topological polar surface area (TPSA) is 92.9 Å². The lowest BCUT2D eigenvalue weighted by Gasteiger charge is -2.32. The Morgan fingerprint density at radius 1 is 0.864 bits per heavy atom. The normalized spacial score (nSPS) is 12.5. The molecule has 0 aliphatic carbocycles. The van der Waals surface area contributed by atoms with E-state index in [-0.39, 0.29) is 12.3 Å². The summed E-state index contributed by atoms with van der Waals surface area (Å²) < 4.78 is 12.2. The minimum absolute atomic E-state index is 0.0205. The van der Waals surface area contributed by atoms with Crippen molar-refractivity contribution in [2.75, 3.05) is 13.2 Å². The summed E-state index contributed by atoms with van der Waals surface area (Å²) in [4.78, 5) is 31.9. The number of carbonyl (C=O) groups is 2. The fraction of sp³-hybridized carbons (Fsp3) is 0.216. The van der Waals surface area contributed by atoms with E-state index in [0.717, 1.165) is 50.6 Å². The zero-order valence-corrected chi connectivity index (χ0v) is 24.7. The molecule has 0 atom stereocenters. The van der Waals surface area contributed by atoms with Gasteiger partial charge in [-0.2, -0.15) is 0 Å². The number of hydrogen-bond donors (Lipinski definition) is 1. The third kappa shape index (κ3) is 6.27. The number of nitrogens with zero attached hydrogens (tertiary/aromatic N) is 2. The van der Waals surface area contributed by atoms with Gasteiger partial charge in [-0.3, -0.25) is 9.59 Å². The third-order valence-electron chi connectivity index (χ3n) is 8.11. The van der Waals surface area contributed by atoms with E-state index < -0.39 is 5.97 Å². The van der Waals surface area contributed by atoms with Gasteiger partial charge in [0, 0.05) is 42.6 Å². The van der Waals surface area contributed by atoms with Gasteiger partial charge in [0.2, 0.25) is 5.89 Å². The van der Waals surface area contributed by atoms with Crippen molar-refractivity contribution in [1.29, 1.82) is 0 Å². The minimum atomic E-state index is -0.850. The molecule has 0 saturated heterocycles. The van der Waals surface area contributed by atoms with Gasteiger partial charge < -0.3 is 19.2 Å². The van der Waals surface area contributed by atoms with Gasteiger partial charge in [-0.05, 0) is 66.3 Å². The predicted molar refractivity (Wildman–Crippen MR) is 169 cm³/mol. The molecule has 0 radical (unpaired) electrons. The zero-order valence-electron chi connectivity index (χ0n) is 24.7. The average molecular weight is 587 g/mol. The molecule has 1 N–H and O–H groups in total. The molecule has 6 rings (SSSR count). The summed E-state index contributed by atoms with van der Waals surface area (Å²) in [7, 11) is 0. The number of fused-ring (bicyclic) bond motifs is 1. The van der Waals surface area contributed by atoms with Gasteiger partial charge in [-0.25, -0.2) is 4.98 Å². The quantitative estimate of drug-likeness (QED) is 0.187. The molecule has 0 spiro atoms. The Balaban J connectivity index is 1.22. The van der Waals surface area contributed by atoms with Crippen LogP contribution in [0.15, 0.2) is 101 Å². The second-order valence-electron chi connectivity index (χ2n) is 10.9. The van der Waals surface area contributed by atoms with Gasteiger partial charge in [-0.15, -0.1) is 0 Å². The molecule has 0 bridgehead atoms. The number of ether oxygens (including phenoxy) is 1. The van der Waals surface area contributed by atoms with E-state index in [1.54, 1.807) is 0 Å². The minimum Gasteiger partial charge on any atom is -0.493 e. The van der Waals surface area contributed by atoms with Gasteiger partial charge in [0.05, 0.1) is 12.3 Å². The fourth-order valence-corrected chi connectivity index (χ4v) is 5.82. The van der Waals surface area contributed by atoms with Crippen LogP contribution in [0.4, 0.5) is 0 Å². The molecule has 2 heterocycles. The van der Waals surface area contributed by atoms with Crippen LogP contribution in [0.1, 0.15) is 44.9 Å². The van der Waals surface area contributed by atoms with Crippen molar-refractivity contribution in [2.24, 2.45) is 0 Å². The van der Waals surface area contributed by atoms with Crippen LogP contribution in [-0.4, -0.2) is 40.0 Å². The summed E-state index contributed by atoms with van der Waals surface area (Å²) in [5.41, 5.74) is 7.27. The van der Waals surface area contributed by atoms with Crippen molar-refractivity contribution in [3.63, 3.8) is 0 Å². The highest BCUT2D eigenvalue weighted by Crippen LogP contribution is 2.34. The van der Waals surface area contributed by atoms with Crippen LogP contribution in [0.25, 0.3) is 22.6 Å². The highest BCUT2D eigenvalue weighted by Gasteiger charge is 2.27. The van der Waals surface area contributed by atoms with E-state index in [2.05, 4.69) is 0 Å². The number of carboxylic acids is 1. The smallest absolute Gasteiger partial charge is 0.303 e. The summed E-state index contributed by atoms with van der Waals surface area (Å²) in [6.45, 7) is 3.26. The van der Waals surface area contributed by atoms with Crippen molar-refractivity contribution in [1.82, 2.24) is 9.88 Å². The summed E-state index contributed by atoms with van der Waals surface area (Å²) in [5.74, 6) is 1.24. The molecule has 1 amide bonds. The highest BCUT2D eigenvalue weighted by atomic mass is 16.5. The summed E-state index contributed by atoms with van der Waals surface area (Å²) in [6, 6.07) is 31.3. The zero-order chi connectivity index (χ0) is 30.5. The number of carboxylic acid groups (broad SMARTS) is 1. The van der Waals surface area contributed by atoms with E-state index >= 15 is 0 Å². The van der Waals surface area contributed by atoms with Crippen molar-refractivity contribution < 1.29 is 23.8 Å². The van der Waals surface area contributed by atoms with E-state index in [4.69, 9.17) is 14.1 Å². The highest BCUT2D eigenvalue weighted by molar-refractivity contribution is 6.01. The number of rotatable bonds is 10. The summed E-state index contributed by atoms with van der Waals surface area (Å²) >= 11 is 0. The van der Waals surface area contributed by atoms with Gasteiger partial charge in [0.1, 0.15) is 11.5 Å². The molecular formula is C37H34N2O5. The van der Waals surface area contributed by atoms with Crippen molar-refractivity contribution >= 4 is 11.9 Å². The molecular weight excluding hydrogens is 552 g/mol. The van der Waals surface area contributed by atoms with Gasteiger partial charge in [0.25, 0.3) is 5.91 Å². The largest absolute Gasteiger partial charge is 0.493 e. The third-order valence-corrected chi connectivity index (χ3v) is 8.11. The number of carbonyl (C=O) groups excluding carboxylic acids is 1. The maximum atomic E-state index is 13.9. The van der Waals surface area contributed by atoms with E-state index in [9.17, 15) is 14.7 Å². The Kier molecular flexibility index (Phi) is 8.55. The first-order chi connectivity index (χ1) is 21.5. The first-order valence-corrected chi connectivity index (χ1v) is 14.9. The molecule has 222 valence electrons. The summed E-state index contributed by atoms with van der Waals surface area (Å²) in [6.07, 6.45) is 1.61. The van der Waals surface area contributed by atoms with Crippen LogP contribution in [-0.2, 0) is 30.6 Å². The molecule has 1 aliphatic heterocycles. The number of aromatic nitrogens is 1. The maximum absolute atomic E-state index is 13.9. The van der Waals surface area contributed by atoms with Gasteiger partial charge in [-0.1, -0.05) is 72.8 Å². The van der Waals surface area contributed by atoms with E-state index in [1.807, 2.05) is 109 Å². The predicted octanol–water partition coefficient (Wildman–Crippen LogP) is 7.15. The monoisotopic (exact) mass is 586 g/mol. The SMILES string of the molecule is Cc1oc(-c2ccccc2)nc1CCOc1ccc(CCC(=O)O)c2c1CCN(C(=O)c1ccccc1-c1ccccc1)C2. The standard InChI is InChI=1S/C37H34N2O5/c1-25-33(38-36(44-25)28-12-6-3-7-13-28)21-23-43-34-18-16-27(17-19-35(40)41)32-24-39(22-20-30(32)34)37(42)31-15-9-8-14-29(31)26-10-4-2-5-11-26/h2-16,18H,17,19-24H2,1H3,(H,40,41). The van der Waals surface area contributed by atoms with Crippen LogP contribution in [0, 0.1) is 6.92 Å². The van der Waals surface area contributed by atoms with Crippen LogP contribution >= 0.6 is 0 Å². The van der Waals surface area contributed by atoms with Crippen LogP contribution in [0.5, 0.6) is 5.75 Å². The summed E-state index contributed by atoms with van der Waals surface area (Å²) in [5, 5.41) is 9.38. The number of aryl methyl sites for hydroxylation is 2. The molecule has 5 aromatic rings. The Bertz CT molecular complexity index is 1780. The van der Waals surface area contributed by atoms with Crippen molar-refractivity contribution in [3.8, 4) is 28.3 Å². The van der Waals surface area contributed by atoms with Gasteiger partial charge >= 0.3 is 5.97 Å². The number of aliphatic carboxylic acids is 1. The number of hydrogen-bond acceptors (Lipinski definition) is 5.